The van der Waals surface area contributed by atoms with Gasteiger partial charge in [-0.1, -0.05) is 18.2 Å². The number of piperidine rings is 1. The Kier molecular flexibility index (Phi) is 5.53. The van der Waals surface area contributed by atoms with E-state index in [1.54, 1.807) is 6.07 Å². The van der Waals surface area contributed by atoms with Gasteiger partial charge in [-0.3, -0.25) is 4.79 Å². The van der Waals surface area contributed by atoms with Gasteiger partial charge in [-0.05, 0) is 43.5 Å². The molecule has 5 nitrogen and oxygen atoms in total. The number of aromatic nitrogens is 1. The molecule has 0 unspecified atom stereocenters. The van der Waals surface area contributed by atoms with Gasteiger partial charge in [-0.2, -0.15) is 0 Å². The van der Waals surface area contributed by atoms with Crippen LogP contribution in [-0.4, -0.2) is 36.4 Å². The minimum absolute atomic E-state index is 0.0567. The van der Waals surface area contributed by atoms with Crippen molar-refractivity contribution in [3.05, 3.63) is 53.7 Å². The highest BCUT2D eigenvalue weighted by atomic mass is 19.4. The average molecular weight is 379 g/mol. The van der Waals surface area contributed by atoms with E-state index in [1.807, 2.05) is 30.0 Å². The molecule has 1 amide bonds. The summed E-state index contributed by atoms with van der Waals surface area (Å²) < 4.78 is 40.4. The van der Waals surface area contributed by atoms with Crippen LogP contribution in [0, 0.1) is 6.92 Å². The van der Waals surface area contributed by atoms with Crippen molar-refractivity contribution in [2.24, 2.45) is 0 Å². The van der Waals surface area contributed by atoms with Crippen LogP contribution in [0.1, 0.15) is 28.8 Å². The minimum atomic E-state index is -4.73. The first-order valence-electron chi connectivity index (χ1n) is 8.65. The molecule has 0 atom stereocenters. The zero-order chi connectivity index (χ0) is 19.4. The number of amides is 1. The van der Waals surface area contributed by atoms with Gasteiger partial charge in [0.05, 0.1) is 6.20 Å². The lowest BCUT2D eigenvalue weighted by molar-refractivity contribution is -0.274. The van der Waals surface area contributed by atoms with Crippen LogP contribution < -0.4 is 15.0 Å². The molecular formula is C19H20F3N3O2. The number of carbonyl (C=O) groups excluding carboxylic acids is 1. The summed E-state index contributed by atoms with van der Waals surface area (Å²) in [5, 5.41) is 3.05. The van der Waals surface area contributed by atoms with Crippen LogP contribution in [0.3, 0.4) is 0 Å². The van der Waals surface area contributed by atoms with Gasteiger partial charge in [0, 0.05) is 24.7 Å². The SMILES string of the molecule is Cc1ccccc1C(=O)NC1CCN(c2ccc(OC(F)(F)F)cn2)CC1. The van der Waals surface area contributed by atoms with E-state index in [0.717, 1.165) is 24.6 Å². The second kappa shape index (κ2) is 7.85. The number of nitrogens with zero attached hydrogens (tertiary/aromatic N) is 2. The number of halogens is 3. The summed E-state index contributed by atoms with van der Waals surface area (Å²) in [5.41, 5.74) is 1.60. The molecule has 1 aliphatic rings. The van der Waals surface area contributed by atoms with Crippen LogP contribution >= 0.6 is 0 Å². The standard InChI is InChI=1S/C19H20F3N3O2/c1-13-4-2-3-5-16(13)18(26)24-14-8-10-25(11-9-14)17-7-6-15(12-23-17)27-19(20,21)22/h2-7,12,14H,8-11H2,1H3,(H,24,26). The molecule has 144 valence electrons. The molecule has 27 heavy (non-hydrogen) atoms. The Morgan fingerprint density at radius 2 is 1.89 bits per heavy atom. The number of carbonyl (C=O) groups is 1. The number of anilines is 1. The summed E-state index contributed by atoms with van der Waals surface area (Å²) in [6.07, 6.45) is -2.19. The van der Waals surface area contributed by atoms with Crippen LogP contribution in [-0.2, 0) is 0 Å². The van der Waals surface area contributed by atoms with Crippen LogP contribution in [0.4, 0.5) is 19.0 Å². The van der Waals surface area contributed by atoms with Crippen LogP contribution in [0.15, 0.2) is 42.6 Å². The molecule has 1 saturated heterocycles. The van der Waals surface area contributed by atoms with E-state index < -0.39 is 6.36 Å². The molecule has 0 aliphatic carbocycles. The molecule has 2 heterocycles. The first kappa shape index (κ1) is 19.0. The van der Waals surface area contributed by atoms with Crippen molar-refractivity contribution in [3.63, 3.8) is 0 Å². The van der Waals surface area contributed by atoms with Crippen molar-refractivity contribution < 1.29 is 22.7 Å². The molecule has 1 aliphatic heterocycles. The van der Waals surface area contributed by atoms with Gasteiger partial charge in [-0.15, -0.1) is 13.2 Å². The normalized spacial score (nSPS) is 15.5. The Morgan fingerprint density at radius 1 is 1.19 bits per heavy atom. The lowest BCUT2D eigenvalue weighted by Gasteiger charge is -2.33. The number of nitrogens with one attached hydrogen (secondary N) is 1. The van der Waals surface area contributed by atoms with E-state index in [0.29, 0.717) is 24.5 Å². The predicted molar refractivity (Wildman–Crippen MR) is 94.8 cm³/mol. The molecule has 8 heteroatoms. The van der Waals surface area contributed by atoms with Gasteiger partial charge in [-0.25, -0.2) is 4.98 Å². The zero-order valence-electron chi connectivity index (χ0n) is 14.8. The number of rotatable bonds is 4. The van der Waals surface area contributed by atoms with Crippen molar-refractivity contribution in [2.75, 3.05) is 18.0 Å². The van der Waals surface area contributed by atoms with Crippen molar-refractivity contribution in [3.8, 4) is 5.75 Å². The number of hydrogen-bond donors (Lipinski definition) is 1. The Balaban J connectivity index is 1.53. The Morgan fingerprint density at radius 3 is 2.48 bits per heavy atom. The van der Waals surface area contributed by atoms with Crippen molar-refractivity contribution in [1.82, 2.24) is 10.3 Å². The zero-order valence-corrected chi connectivity index (χ0v) is 14.8. The van der Waals surface area contributed by atoms with Gasteiger partial charge >= 0.3 is 6.36 Å². The van der Waals surface area contributed by atoms with Gasteiger partial charge in [0.2, 0.25) is 0 Å². The molecule has 1 aromatic carbocycles. The minimum Gasteiger partial charge on any atom is -0.404 e. The van der Waals surface area contributed by atoms with E-state index in [-0.39, 0.29) is 17.7 Å². The Labute approximate surface area is 155 Å². The van der Waals surface area contributed by atoms with E-state index in [2.05, 4.69) is 15.0 Å². The van der Waals surface area contributed by atoms with E-state index in [4.69, 9.17) is 0 Å². The highest BCUT2D eigenvalue weighted by molar-refractivity contribution is 5.95. The quantitative estimate of drug-likeness (QED) is 0.880. The summed E-state index contributed by atoms with van der Waals surface area (Å²) >= 11 is 0. The number of ether oxygens (including phenoxy) is 1. The smallest absolute Gasteiger partial charge is 0.404 e. The van der Waals surface area contributed by atoms with Gasteiger partial charge < -0.3 is 15.0 Å². The van der Waals surface area contributed by atoms with Gasteiger partial charge in [0.25, 0.3) is 5.91 Å². The molecule has 0 radical (unpaired) electrons. The van der Waals surface area contributed by atoms with E-state index >= 15 is 0 Å². The van der Waals surface area contributed by atoms with Crippen molar-refractivity contribution in [2.45, 2.75) is 32.2 Å². The fraction of sp³-hybridized carbons (Fsp3) is 0.368. The van der Waals surface area contributed by atoms with Crippen LogP contribution in [0.2, 0.25) is 0 Å². The number of benzene rings is 1. The van der Waals surface area contributed by atoms with Gasteiger partial charge in [0.15, 0.2) is 0 Å². The monoisotopic (exact) mass is 379 g/mol. The third-order valence-corrected chi connectivity index (χ3v) is 4.50. The Bertz CT molecular complexity index is 786. The summed E-state index contributed by atoms with van der Waals surface area (Å²) in [6.45, 7) is 3.21. The molecule has 1 N–H and O–H groups in total. The number of hydrogen-bond acceptors (Lipinski definition) is 4. The molecular weight excluding hydrogens is 359 g/mol. The van der Waals surface area contributed by atoms with Gasteiger partial charge in [0.1, 0.15) is 11.6 Å². The molecule has 1 fully saturated rings. The molecule has 2 aromatic rings. The molecule has 1 aromatic heterocycles. The number of pyridine rings is 1. The van der Waals surface area contributed by atoms with E-state index in [1.165, 1.54) is 12.1 Å². The molecule has 0 bridgehead atoms. The summed E-state index contributed by atoms with van der Waals surface area (Å²) in [4.78, 5) is 18.4. The second-order valence-electron chi connectivity index (χ2n) is 6.45. The van der Waals surface area contributed by atoms with Crippen LogP contribution in [0.5, 0.6) is 5.75 Å². The average Bonchev–Trinajstić information content (AvgIpc) is 2.62. The summed E-state index contributed by atoms with van der Waals surface area (Å²) in [5.74, 6) is 0.165. The second-order valence-corrected chi connectivity index (χ2v) is 6.45. The lowest BCUT2D eigenvalue weighted by Crippen LogP contribution is -2.45. The maximum atomic E-state index is 12.4. The molecule has 0 spiro atoms. The molecule has 3 rings (SSSR count). The van der Waals surface area contributed by atoms with Crippen LogP contribution in [0.25, 0.3) is 0 Å². The topological polar surface area (TPSA) is 54.5 Å². The predicted octanol–water partition coefficient (Wildman–Crippen LogP) is 3.69. The van der Waals surface area contributed by atoms with Crippen molar-refractivity contribution >= 4 is 11.7 Å². The maximum Gasteiger partial charge on any atom is 0.573 e. The summed E-state index contributed by atoms with van der Waals surface area (Å²) in [7, 11) is 0. The fourth-order valence-corrected chi connectivity index (χ4v) is 3.10. The highest BCUT2D eigenvalue weighted by Crippen LogP contribution is 2.25. The lowest BCUT2D eigenvalue weighted by atomic mass is 10.0. The fourth-order valence-electron chi connectivity index (χ4n) is 3.10. The first-order chi connectivity index (χ1) is 12.8. The number of alkyl halides is 3. The largest absolute Gasteiger partial charge is 0.573 e. The Hall–Kier alpha value is -2.77. The third kappa shape index (κ3) is 5.12. The highest BCUT2D eigenvalue weighted by Gasteiger charge is 2.31. The first-order valence-corrected chi connectivity index (χ1v) is 8.65. The maximum absolute atomic E-state index is 12.4. The van der Waals surface area contributed by atoms with E-state index in [9.17, 15) is 18.0 Å². The number of aryl methyl sites for hydroxylation is 1. The van der Waals surface area contributed by atoms with Crippen molar-refractivity contribution in [1.29, 1.82) is 0 Å². The summed E-state index contributed by atoms with van der Waals surface area (Å²) in [6, 6.07) is 10.2. The third-order valence-electron chi connectivity index (χ3n) is 4.50. The molecule has 0 saturated carbocycles.